The van der Waals surface area contributed by atoms with Crippen LogP contribution in [0, 0.1) is 13.8 Å². The number of carbonyl (C=O) groups is 1. The molecule has 1 N–H and O–H groups in total. The Morgan fingerprint density at radius 3 is 2.58 bits per heavy atom. The number of hydrogen-bond donors (Lipinski definition) is 1. The molecule has 0 saturated carbocycles. The number of halogens is 1. The fourth-order valence-corrected chi connectivity index (χ4v) is 3.39. The van der Waals surface area contributed by atoms with Gasteiger partial charge in [0.1, 0.15) is 6.61 Å². The van der Waals surface area contributed by atoms with Gasteiger partial charge in [-0.1, -0.05) is 65.7 Å². The molecule has 5 nitrogen and oxygen atoms in total. The van der Waals surface area contributed by atoms with Crippen molar-refractivity contribution >= 4 is 23.7 Å². The molecule has 0 spiro atoms. The van der Waals surface area contributed by atoms with Crippen molar-refractivity contribution in [3.05, 3.63) is 93.5 Å². The van der Waals surface area contributed by atoms with Crippen LogP contribution in [0.25, 0.3) is 0 Å². The highest BCUT2D eigenvalue weighted by molar-refractivity contribution is 6.32. The van der Waals surface area contributed by atoms with E-state index in [0.29, 0.717) is 28.7 Å². The van der Waals surface area contributed by atoms with Crippen LogP contribution in [0.5, 0.6) is 11.5 Å². The third kappa shape index (κ3) is 6.33. The first-order valence-electron chi connectivity index (χ1n) is 9.88. The Hall–Kier alpha value is -3.31. The molecule has 31 heavy (non-hydrogen) atoms. The molecule has 0 atom stereocenters. The van der Waals surface area contributed by atoms with Crippen LogP contribution in [-0.4, -0.2) is 19.2 Å². The molecule has 0 bridgehead atoms. The third-order valence-corrected chi connectivity index (χ3v) is 5.01. The van der Waals surface area contributed by atoms with Crippen molar-refractivity contribution in [3.8, 4) is 11.5 Å². The number of rotatable bonds is 8. The predicted molar refractivity (Wildman–Crippen MR) is 124 cm³/mol. The summed E-state index contributed by atoms with van der Waals surface area (Å²) < 4.78 is 11.3. The largest absolute Gasteiger partial charge is 0.493 e. The molecule has 160 valence electrons. The van der Waals surface area contributed by atoms with Crippen LogP contribution in [0.1, 0.15) is 27.8 Å². The van der Waals surface area contributed by atoms with E-state index in [4.69, 9.17) is 21.1 Å². The summed E-state index contributed by atoms with van der Waals surface area (Å²) in [7, 11) is 1.55. The molecular weight excluding hydrogens is 412 g/mol. The zero-order valence-electron chi connectivity index (χ0n) is 17.8. The van der Waals surface area contributed by atoms with Crippen molar-refractivity contribution in [2.24, 2.45) is 5.10 Å². The highest BCUT2D eigenvalue weighted by atomic mass is 35.5. The van der Waals surface area contributed by atoms with Crippen molar-refractivity contribution < 1.29 is 14.3 Å². The van der Waals surface area contributed by atoms with E-state index in [9.17, 15) is 4.79 Å². The molecule has 0 aliphatic rings. The van der Waals surface area contributed by atoms with E-state index in [-0.39, 0.29) is 12.3 Å². The van der Waals surface area contributed by atoms with Crippen LogP contribution in [0.3, 0.4) is 0 Å². The van der Waals surface area contributed by atoms with Crippen molar-refractivity contribution in [1.82, 2.24) is 5.43 Å². The zero-order chi connectivity index (χ0) is 22.2. The minimum absolute atomic E-state index is 0.191. The van der Waals surface area contributed by atoms with Crippen LogP contribution in [0.2, 0.25) is 5.02 Å². The Labute approximate surface area is 187 Å². The molecule has 0 aromatic heterocycles. The fraction of sp³-hybridized carbons (Fsp3) is 0.200. The maximum atomic E-state index is 12.2. The summed E-state index contributed by atoms with van der Waals surface area (Å²) >= 11 is 6.40. The standard InChI is InChI=1S/C25H25ClN2O3/c1-17-9-10-21(18(2)11-17)14-24(29)28-27-15-20-12-22(26)25(23(13-20)30-3)31-16-19-7-5-4-6-8-19/h4-13,15H,14,16H2,1-3H3,(H,28,29)/b27-15-. The van der Waals surface area contributed by atoms with Gasteiger partial charge in [0.2, 0.25) is 5.91 Å². The Morgan fingerprint density at radius 2 is 1.87 bits per heavy atom. The number of ether oxygens (including phenoxy) is 2. The maximum absolute atomic E-state index is 12.2. The van der Waals surface area contributed by atoms with Crippen molar-refractivity contribution in [1.29, 1.82) is 0 Å². The van der Waals surface area contributed by atoms with Gasteiger partial charge in [0.25, 0.3) is 0 Å². The molecule has 0 unspecified atom stereocenters. The van der Waals surface area contributed by atoms with Crippen molar-refractivity contribution in [3.63, 3.8) is 0 Å². The minimum Gasteiger partial charge on any atom is -0.493 e. The number of aryl methyl sites for hydroxylation is 2. The molecular formula is C25H25ClN2O3. The molecule has 3 aromatic rings. The number of benzene rings is 3. The minimum atomic E-state index is -0.191. The van der Waals surface area contributed by atoms with E-state index in [1.54, 1.807) is 19.2 Å². The summed E-state index contributed by atoms with van der Waals surface area (Å²) in [6.07, 6.45) is 1.79. The fourth-order valence-electron chi connectivity index (χ4n) is 3.12. The van der Waals surface area contributed by atoms with Crippen LogP contribution in [0.4, 0.5) is 0 Å². The van der Waals surface area contributed by atoms with E-state index in [0.717, 1.165) is 16.7 Å². The molecule has 0 fully saturated rings. The van der Waals surface area contributed by atoms with Crippen molar-refractivity contribution in [2.75, 3.05) is 7.11 Å². The quantitative estimate of drug-likeness (QED) is 0.388. The summed E-state index contributed by atoms with van der Waals surface area (Å²) in [6.45, 7) is 4.39. The van der Waals surface area contributed by atoms with Crippen LogP contribution in [-0.2, 0) is 17.8 Å². The summed E-state index contributed by atoms with van der Waals surface area (Å²) in [6, 6.07) is 19.3. The Balaban J connectivity index is 1.63. The van der Waals surface area contributed by atoms with E-state index < -0.39 is 0 Å². The highest BCUT2D eigenvalue weighted by Gasteiger charge is 2.12. The normalized spacial score (nSPS) is 10.8. The van der Waals surface area contributed by atoms with E-state index in [1.165, 1.54) is 11.8 Å². The lowest BCUT2D eigenvalue weighted by atomic mass is 10.0. The molecule has 0 saturated heterocycles. The van der Waals surface area contributed by atoms with Gasteiger partial charge in [0.15, 0.2) is 11.5 Å². The summed E-state index contributed by atoms with van der Waals surface area (Å²) in [4.78, 5) is 12.2. The van der Waals surface area contributed by atoms with Gasteiger partial charge in [-0.15, -0.1) is 0 Å². The van der Waals surface area contributed by atoms with Gasteiger partial charge in [-0.25, -0.2) is 5.43 Å². The highest BCUT2D eigenvalue weighted by Crippen LogP contribution is 2.36. The lowest BCUT2D eigenvalue weighted by Crippen LogP contribution is -2.20. The second kappa shape index (κ2) is 10.6. The van der Waals surface area contributed by atoms with Gasteiger partial charge >= 0.3 is 0 Å². The molecule has 1 amide bonds. The Bertz CT molecular complexity index is 1080. The van der Waals surface area contributed by atoms with E-state index in [2.05, 4.69) is 16.6 Å². The lowest BCUT2D eigenvalue weighted by Gasteiger charge is -2.13. The average Bonchev–Trinajstić information content (AvgIpc) is 2.75. The number of nitrogens with zero attached hydrogens (tertiary/aromatic N) is 1. The molecule has 0 aliphatic carbocycles. The van der Waals surface area contributed by atoms with Gasteiger partial charge in [-0.3, -0.25) is 4.79 Å². The Kier molecular flexibility index (Phi) is 7.68. The second-order valence-corrected chi connectivity index (χ2v) is 7.62. The summed E-state index contributed by atoms with van der Waals surface area (Å²) in [5.74, 6) is 0.764. The molecule has 0 radical (unpaired) electrons. The summed E-state index contributed by atoms with van der Waals surface area (Å²) in [5, 5.41) is 4.45. The lowest BCUT2D eigenvalue weighted by molar-refractivity contribution is -0.120. The maximum Gasteiger partial charge on any atom is 0.244 e. The van der Waals surface area contributed by atoms with E-state index >= 15 is 0 Å². The Morgan fingerprint density at radius 1 is 1.10 bits per heavy atom. The number of methoxy groups -OCH3 is 1. The van der Waals surface area contributed by atoms with Crippen LogP contribution < -0.4 is 14.9 Å². The topological polar surface area (TPSA) is 59.9 Å². The molecule has 6 heteroatoms. The molecule has 0 heterocycles. The van der Waals surface area contributed by atoms with Gasteiger partial charge in [0.05, 0.1) is 24.8 Å². The van der Waals surface area contributed by atoms with Gasteiger partial charge in [-0.2, -0.15) is 5.10 Å². The third-order valence-electron chi connectivity index (χ3n) is 4.73. The number of nitrogens with one attached hydrogen (secondary N) is 1. The zero-order valence-corrected chi connectivity index (χ0v) is 18.6. The van der Waals surface area contributed by atoms with E-state index in [1.807, 2.05) is 56.3 Å². The first-order chi connectivity index (χ1) is 15.0. The first-order valence-corrected chi connectivity index (χ1v) is 10.3. The first kappa shape index (κ1) is 22.4. The smallest absolute Gasteiger partial charge is 0.244 e. The molecule has 3 rings (SSSR count). The van der Waals surface area contributed by atoms with Gasteiger partial charge < -0.3 is 9.47 Å². The summed E-state index contributed by atoms with van der Waals surface area (Å²) in [5.41, 5.74) is 7.49. The molecule has 0 aliphatic heterocycles. The number of hydrogen-bond acceptors (Lipinski definition) is 4. The second-order valence-electron chi connectivity index (χ2n) is 7.21. The number of amides is 1. The number of hydrazone groups is 1. The van der Waals surface area contributed by atoms with Gasteiger partial charge in [0, 0.05) is 0 Å². The van der Waals surface area contributed by atoms with Gasteiger partial charge in [-0.05, 0) is 48.2 Å². The molecule has 3 aromatic carbocycles. The predicted octanol–water partition coefficient (Wildman–Crippen LogP) is 5.24. The van der Waals surface area contributed by atoms with Crippen LogP contribution in [0.15, 0.2) is 65.8 Å². The van der Waals surface area contributed by atoms with Crippen molar-refractivity contribution in [2.45, 2.75) is 26.9 Å². The monoisotopic (exact) mass is 436 g/mol. The number of carbonyl (C=O) groups excluding carboxylic acids is 1. The SMILES string of the molecule is COc1cc(/C=N\NC(=O)Cc2ccc(C)cc2C)cc(Cl)c1OCc1ccccc1. The van der Waals surface area contributed by atoms with Crippen LogP contribution >= 0.6 is 11.6 Å². The average molecular weight is 437 g/mol.